The van der Waals surface area contributed by atoms with Gasteiger partial charge in [-0.2, -0.15) is 0 Å². The van der Waals surface area contributed by atoms with Gasteiger partial charge in [0.2, 0.25) is 0 Å². The van der Waals surface area contributed by atoms with E-state index in [1.165, 1.54) is 62.6 Å². The molecular formula is C18H32N2. The van der Waals surface area contributed by atoms with Gasteiger partial charge in [0.15, 0.2) is 0 Å². The van der Waals surface area contributed by atoms with Crippen LogP contribution in [0.2, 0.25) is 0 Å². The number of unbranched alkanes of at least 4 members (excludes halogenated alkanes) is 6. The highest BCUT2D eigenvalue weighted by Gasteiger charge is 2.00. The first-order valence-corrected chi connectivity index (χ1v) is 8.22. The van der Waals surface area contributed by atoms with Crippen LogP contribution in [0.1, 0.15) is 63.0 Å². The van der Waals surface area contributed by atoms with Crippen LogP contribution in [0.4, 0.5) is 0 Å². The summed E-state index contributed by atoms with van der Waals surface area (Å²) < 4.78 is 0. The molecule has 0 atom stereocenters. The van der Waals surface area contributed by atoms with Gasteiger partial charge in [0, 0.05) is 13.1 Å². The van der Waals surface area contributed by atoms with Gasteiger partial charge in [0.25, 0.3) is 0 Å². The van der Waals surface area contributed by atoms with E-state index < -0.39 is 0 Å². The van der Waals surface area contributed by atoms with Gasteiger partial charge in [-0.1, -0.05) is 69.7 Å². The third-order valence-corrected chi connectivity index (χ3v) is 3.85. The van der Waals surface area contributed by atoms with Crippen LogP contribution < -0.4 is 5.73 Å². The lowest BCUT2D eigenvalue weighted by Gasteiger charge is -2.16. The van der Waals surface area contributed by atoms with E-state index in [0.717, 1.165) is 6.54 Å². The second-order valence-corrected chi connectivity index (χ2v) is 5.88. The molecule has 0 saturated carbocycles. The highest BCUT2D eigenvalue weighted by Crippen LogP contribution is 2.09. The molecule has 0 heterocycles. The quantitative estimate of drug-likeness (QED) is 0.610. The molecule has 0 aliphatic rings. The minimum Gasteiger partial charge on any atom is -0.326 e. The van der Waals surface area contributed by atoms with E-state index in [2.05, 4.69) is 43.1 Å². The predicted octanol–water partition coefficient (Wildman–Crippen LogP) is 4.33. The van der Waals surface area contributed by atoms with E-state index in [4.69, 9.17) is 5.73 Å². The van der Waals surface area contributed by atoms with Crippen LogP contribution >= 0.6 is 0 Å². The number of hydrogen-bond acceptors (Lipinski definition) is 2. The molecule has 2 heteroatoms. The SMILES string of the molecule is CCCCCCCCCN(C)Cc1ccc(CN)cc1. The summed E-state index contributed by atoms with van der Waals surface area (Å²) in [5.74, 6) is 0. The second kappa shape index (κ2) is 10.9. The maximum atomic E-state index is 5.62. The van der Waals surface area contributed by atoms with Gasteiger partial charge in [-0.15, -0.1) is 0 Å². The van der Waals surface area contributed by atoms with Crippen molar-refractivity contribution in [2.24, 2.45) is 5.73 Å². The Labute approximate surface area is 125 Å². The molecule has 0 spiro atoms. The van der Waals surface area contributed by atoms with Crippen LogP contribution in [0.15, 0.2) is 24.3 Å². The summed E-state index contributed by atoms with van der Waals surface area (Å²) in [7, 11) is 2.22. The van der Waals surface area contributed by atoms with Gasteiger partial charge in [0.05, 0.1) is 0 Å². The zero-order valence-corrected chi connectivity index (χ0v) is 13.4. The normalized spacial score (nSPS) is 11.2. The predicted molar refractivity (Wildman–Crippen MR) is 88.7 cm³/mol. The summed E-state index contributed by atoms with van der Waals surface area (Å²) in [4.78, 5) is 2.42. The van der Waals surface area contributed by atoms with Gasteiger partial charge >= 0.3 is 0 Å². The molecule has 0 bridgehead atoms. The molecule has 114 valence electrons. The molecule has 0 unspecified atom stereocenters. The highest BCUT2D eigenvalue weighted by atomic mass is 15.1. The number of benzene rings is 1. The Morgan fingerprint density at radius 2 is 1.40 bits per heavy atom. The van der Waals surface area contributed by atoms with Crippen molar-refractivity contribution in [3.63, 3.8) is 0 Å². The number of hydrogen-bond donors (Lipinski definition) is 1. The van der Waals surface area contributed by atoms with E-state index in [-0.39, 0.29) is 0 Å². The topological polar surface area (TPSA) is 29.3 Å². The molecule has 0 aliphatic heterocycles. The number of nitrogens with zero attached hydrogens (tertiary/aromatic N) is 1. The lowest BCUT2D eigenvalue weighted by atomic mass is 10.1. The minimum absolute atomic E-state index is 0.633. The largest absolute Gasteiger partial charge is 0.326 e. The van der Waals surface area contributed by atoms with E-state index >= 15 is 0 Å². The van der Waals surface area contributed by atoms with Crippen LogP contribution in [0.25, 0.3) is 0 Å². The molecule has 0 saturated heterocycles. The van der Waals surface area contributed by atoms with Crippen molar-refractivity contribution >= 4 is 0 Å². The molecule has 1 aromatic rings. The molecule has 0 aromatic heterocycles. The zero-order valence-electron chi connectivity index (χ0n) is 13.4. The molecule has 1 rings (SSSR count). The Hall–Kier alpha value is -0.860. The lowest BCUT2D eigenvalue weighted by molar-refractivity contribution is 0.316. The van der Waals surface area contributed by atoms with Crippen molar-refractivity contribution in [3.05, 3.63) is 35.4 Å². The van der Waals surface area contributed by atoms with Crippen molar-refractivity contribution < 1.29 is 0 Å². The molecule has 0 aliphatic carbocycles. The fourth-order valence-electron chi connectivity index (χ4n) is 2.51. The second-order valence-electron chi connectivity index (χ2n) is 5.88. The van der Waals surface area contributed by atoms with Crippen LogP contribution in [0, 0.1) is 0 Å². The minimum atomic E-state index is 0.633. The first kappa shape index (κ1) is 17.2. The molecule has 0 fully saturated rings. The third-order valence-electron chi connectivity index (χ3n) is 3.85. The zero-order chi connectivity index (χ0) is 14.6. The van der Waals surface area contributed by atoms with E-state index in [9.17, 15) is 0 Å². The van der Waals surface area contributed by atoms with Crippen LogP contribution in [-0.2, 0) is 13.1 Å². The van der Waals surface area contributed by atoms with Crippen molar-refractivity contribution in [3.8, 4) is 0 Å². The fourth-order valence-corrected chi connectivity index (χ4v) is 2.51. The summed E-state index contributed by atoms with van der Waals surface area (Å²) >= 11 is 0. The van der Waals surface area contributed by atoms with Gasteiger partial charge in [0.1, 0.15) is 0 Å². The molecule has 0 amide bonds. The van der Waals surface area contributed by atoms with Gasteiger partial charge in [-0.05, 0) is 31.1 Å². The van der Waals surface area contributed by atoms with E-state index in [0.29, 0.717) is 6.54 Å². The molecule has 2 nitrogen and oxygen atoms in total. The Bertz CT molecular complexity index is 332. The van der Waals surface area contributed by atoms with Crippen molar-refractivity contribution in [2.45, 2.75) is 65.0 Å². The summed E-state index contributed by atoms with van der Waals surface area (Å²) in [6.07, 6.45) is 9.67. The monoisotopic (exact) mass is 276 g/mol. The average Bonchev–Trinajstić information content (AvgIpc) is 2.47. The number of nitrogens with two attached hydrogens (primary N) is 1. The molecule has 20 heavy (non-hydrogen) atoms. The third kappa shape index (κ3) is 7.66. The first-order chi connectivity index (χ1) is 9.76. The summed E-state index contributed by atoms with van der Waals surface area (Å²) in [6.45, 7) is 5.15. The van der Waals surface area contributed by atoms with Crippen LogP contribution in [0.3, 0.4) is 0 Å². The summed E-state index contributed by atoms with van der Waals surface area (Å²) in [5.41, 5.74) is 8.21. The fraction of sp³-hybridized carbons (Fsp3) is 0.667. The maximum Gasteiger partial charge on any atom is 0.0230 e. The Morgan fingerprint density at radius 3 is 2.00 bits per heavy atom. The summed E-state index contributed by atoms with van der Waals surface area (Å²) in [5, 5.41) is 0. The Morgan fingerprint density at radius 1 is 0.850 bits per heavy atom. The molecule has 1 aromatic carbocycles. The van der Waals surface area contributed by atoms with Crippen molar-refractivity contribution in [1.29, 1.82) is 0 Å². The number of rotatable bonds is 11. The van der Waals surface area contributed by atoms with Crippen molar-refractivity contribution in [1.82, 2.24) is 4.90 Å². The van der Waals surface area contributed by atoms with Crippen molar-refractivity contribution in [2.75, 3.05) is 13.6 Å². The van der Waals surface area contributed by atoms with Gasteiger partial charge in [-0.3, -0.25) is 0 Å². The lowest BCUT2D eigenvalue weighted by Crippen LogP contribution is -2.19. The van der Waals surface area contributed by atoms with Gasteiger partial charge in [-0.25, -0.2) is 0 Å². The molecule has 2 N–H and O–H groups in total. The Balaban J connectivity index is 2.08. The smallest absolute Gasteiger partial charge is 0.0230 e. The Kier molecular flexibility index (Phi) is 9.35. The standard InChI is InChI=1S/C18H32N2/c1-3-4-5-6-7-8-9-14-20(2)16-18-12-10-17(15-19)11-13-18/h10-13H,3-9,14-16,19H2,1-2H3. The van der Waals surface area contributed by atoms with E-state index in [1.54, 1.807) is 0 Å². The van der Waals surface area contributed by atoms with E-state index in [1.807, 2.05) is 0 Å². The molecular weight excluding hydrogens is 244 g/mol. The van der Waals surface area contributed by atoms with Crippen LogP contribution in [0.5, 0.6) is 0 Å². The summed E-state index contributed by atoms with van der Waals surface area (Å²) in [6, 6.07) is 8.67. The highest BCUT2D eigenvalue weighted by molar-refractivity contribution is 5.22. The first-order valence-electron chi connectivity index (χ1n) is 8.22. The van der Waals surface area contributed by atoms with Crippen LogP contribution in [-0.4, -0.2) is 18.5 Å². The molecule has 0 radical (unpaired) electrons. The van der Waals surface area contributed by atoms with Gasteiger partial charge < -0.3 is 10.6 Å². The maximum absolute atomic E-state index is 5.62. The average molecular weight is 276 g/mol.